The van der Waals surface area contributed by atoms with Crippen LogP contribution in [0.1, 0.15) is 31.2 Å². The number of carbonyl (C=O) groups excluding carboxylic acids is 1. The fourth-order valence-electron chi connectivity index (χ4n) is 3.34. The van der Waals surface area contributed by atoms with Gasteiger partial charge in [-0.1, -0.05) is 12.8 Å². The molecule has 0 spiro atoms. The predicted octanol–water partition coefficient (Wildman–Crippen LogP) is 2.52. The quantitative estimate of drug-likeness (QED) is 0.797. The standard InChI is InChI=1S/C15H17N3O/c16-8-9-5-6-13(12(17)7-9)18-15(19)14-10-3-1-2-4-11(10)14/h5-7,10-11,14H,1-4,17H2,(H,18,19). The molecule has 98 valence electrons. The number of rotatable bonds is 2. The molecular formula is C15H17N3O. The number of hydrogen-bond acceptors (Lipinski definition) is 3. The smallest absolute Gasteiger partial charge is 0.228 e. The van der Waals surface area contributed by atoms with Crippen molar-refractivity contribution in [2.45, 2.75) is 25.7 Å². The van der Waals surface area contributed by atoms with Gasteiger partial charge in [0.05, 0.1) is 23.0 Å². The first kappa shape index (κ1) is 12.0. The fourth-order valence-corrected chi connectivity index (χ4v) is 3.34. The summed E-state index contributed by atoms with van der Waals surface area (Å²) in [6.07, 6.45) is 4.88. The van der Waals surface area contributed by atoms with E-state index in [4.69, 9.17) is 11.0 Å². The third kappa shape index (κ3) is 2.17. The highest BCUT2D eigenvalue weighted by atomic mass is 16.2. The van der Waals surface area contributed by atoms with E-state index in [2.05, 4.69) is 5.32 Å². The summed E-state index contributed by atoms with van der Waals surface area (Å²) in [7, 11) is 0. The summed E-state index contributed by atoms with van der Waals surface area (Å²) in [5.74, 6) is 1.45. The maximum atomic E-state index is 12.2. The van der Waals surface area contributed by atoms with Crippen LogP contribution in [0.2, 0.25) is 0 Å². The number of hydrogen-bond donors (Lipinski definition) is 2. The Morgan fingerprint density at radius 3 is 2.58 bits per heavy atom. The van der Waals surface area contributed by atoms with Crippen LogP contribution in [0.25, 0.3) is 0 Å². The molecule has 19 heavy (non-hydrogen) atoms. The van der Waals surface area contributed by atoms with Crippen molar-refractivity contribution in [3.05, 3.63) is 23.8 Å². The van der Waals surface area contributed by atoms with Gasteiger partial charge in [0.15, 0.2) is 0 Å². The van der Waals surface area contributed by atoms with Crippen LogP contribution in [0, 0.1) is 29.1 Å². The molecule has 2 aliphatic carbocycles. The van der Waals surface area contributed by atoms with Gasteiger partial charge in [0.2, 0.25) is 5.91 Å². The van der Waals surface area contributed by atoms with Gasteiger partial charge in [-0.3, -0.25) is 4.79 Å². The van der Waals surface area contributed by atoms with Gasteiger partial charge in [-0.2, -0.15) is 5.26 Å². The zero-order chi connectivity index (χ0) is 13.4. The molecule has 0 heterocycles. The van der Waals surface area contributed by atoms with Gasteiger partial charge >= 0.3 is 0 Å². The van der Waals surface area contributed by atoms with Gasteiger partial charge in [-0.15, -0.1) is 0 Å². The van der Waals surface area contributed by atoms with Crippen LogP contribution in [0.3, 0.4) is 0 Å². The van der Waals surface area contributed by atoms with Crippen molar-refractivity contribution >= 4 is 17.3 Å². The Morgan fingerprint density at radius 1 is 1.32 bits per heavy atom. The molecule has 0 saturated heterocycles. The first-order valence-electron chi connectivity index (χ1n) is 6.81. The average Bonchev–Trinajstić information content (AvgIpc) is 3.15. The molecule has 1 aromatic carbocycles. The lowest BCUT2D eigenvalue weighted by Gasteiger charge is -2.08. The highest BCUT2D eigenvalue weighted by Gasteiger charge is 2.54. The minimum Gasteiger partial charge on any atom is -0.397 e. The van der Waals surface area contributed by atoms with E-state index in [1.165, 1.54) is 25.7 Å². The number of nitrogens with two attached hydrogens (primary N) is 1. The number of nitrogens with one attached hydrogen (secondary N) is 1. The van der Waals surface area contributed by atoms with Crippen LogP contribution < -0.4 is 11.1 Å². The molecule has 2 unspecified atom stereocenters. The van der Waals surface area contributed by atoms with Gasteiger partial charge in [0.25, 0.3) is 0 Å². The predicted molar refractivity (Wildman–Crippen MR) is 73.1 cm³/mol. The van der Waals surface area contributed by atoms with Crippen molar-refractivity contribution in [3.8, 4) is 6.07 Å². The first-order chi connectivity index (χ1) is 9.20. The Hall–Kier alpha value is -2.02. The van der Waals surface area contributed by atoms with Gasteiger partial charge in [0.1, 0.15) is 0 Å². The van der Waals surface area contributed by atoms with E-state index >= 15 is 0 Å². The summed E-state index contributed by atoms with van der Waals surface area (Å²) < 4.78 is 0. The van der Waals surface area contributed by atoms with Crippen molar-refractivity contribution in [2.75, 3.05) is 11.1 Å². The molecule has 0 aliphatic heterocycles. The topological polar surface area (TPSA) is 78.9 Å². The Bertz CT molecular complexity index is 549. The van der Waals surface area contributed by atoms with Crippen LogP contribution >= 0.6 is 0 Å². The van der Waals surface area contributed by atoms with Gasteiger partial charge < -0.3 is 11.1 Å². The molecule has 2 saturated carbocycles. The number of fused-ring (bicyclic) bond motifs is 1. The summed E-state index contributed by atoms with van der Waals surface area (Å²) in [6.45, 7) is 0. The molecule has 0 radical (unpaired) electrons. The van der Waals surface area contributed by atoms with Crippen LogP contribution in [0.15, 0.2) is 18.2 Å². The SMILES string of the molecule is N#Cc1ccc(NC(=O)C2C3CCCCC32)c(N)c1. The maximum Gasteiger partial charge on any atom is 0.228 e. The second kappa shape index (κ2) is 4.58. The van der Waals surface area contributed by atoms with Crippen molar-refractivity contribution in [1.29, 1.82) is 5.26 Å². The average molecular weight is 255 g/mol. The lowest BCUT2D eigenvalue weighted by molar-refractivity contribution is -0.117. The van der Waals surface area contributed by atoms with E-state index in [-0.39, 0.29) is 11.8 Å². The third-order valence-electron chi connectivity index (χ3n) is 4.40. The van der Waals surface area contributed by atoms with Crippen molar-refractivity contribution in [1.82, 2.24) is 0 Å². The van der Waals surface area contributed by atoms with E-state index < -0.39 is 0 Å². The number of nitrogens with zero attached hydrogens (tertiary/aromatic N) is 1. The highest BCUT2D eigenvalue weighted by molar-refractivity contribution is 5.97. The Morgan fingerprint density at radius 2 is 2.00 bits per heavy atom. The van der Waals surface area contributed by atoms with E-state index in [1.807, 2.05) is 6.07 Å². The molecule has 3 N–H and O–H groups in total. The molecule has 2 aliphatic rings. The third-order valence-corrected chi connectivity index (χ3v) is 4.40. The molecule has 1 amide bonds. The molecule has 2 atom stereocenters. The number of benzene rings is 1. The van der Waals surface area contributed by atoms with Gasteiger partial charge in [0, 0.05) is 5.92 Å². The zero-order valence-corrected chi connectivity index (χ0v) is 10.7. The van der Waals surface area contributed by atoms with Crippen LogP contribution in [-0.4, -0.2) is 5.91 Å². The lowest BCUT2D eigenvalue weighted by atomic mass is 10.0. The Balaban J connectivity index is 1.69. The van der Waals surface area contributed by atoms with E-state index in [1.54, 1.807) is 18.2 Å². The monoisotopic (exact) mass is 255 g/mol. The number of anilines is 2. The molecule has 0 bridgehead atoms. The van der Waals surface area contributed by atoms with E-state index in [0.29, 0.717) is 28.8 Å². The molecule has 3 rings (SSSR count). The summed E-state index contributed by atoms with van der Waals surface area (Å²) in [5.41, 5.74) is 7.43. The summed E-state index contributed by atoms with van der Waals surface area (Å²) in [5, 5.41) is 11.7. The lowest BCUT2D eigenvalue weighted by Crippen LogP contribution is -2.16. The van der Waals surface area contributed by atoms with Crippen molar-refractivity contribution < 1.29 is 4.79 Å². The largest absolute Gasteiger partial charge is 0.397 e. The minimum atomic E-state index is 0.0910. The number of nitrogen functional groups attached to an aromatic ring is 1. The summed E-state index contributed by atoms with van der Waals surface area (Å²) in [6, 6.07) is 7.00. The Labute approximate surface area is 112 Å². The van der Waals surface area contributed by atoms with E-state index in [9.17, 15) is 4.79 Å². The second-order valence-corrected chi connectivity index (χ2v) is 5.54. The second-order valence-electron chi connectivity index (χ2n) is 5.54. The van der Waals surface area contributed by atoms with Crippen LogP contribution in [0.5, 0.6) is 0 Å². The Kier molecular flexibility index (Phi) is 2.90. The summed E-state index contributed by atoms with van der Waals surface area (Å²) >= 11 is 0. The fraction of sp³-hybridized carbons (Fsp3) is 0.467. The first-order valence-corrected chi connectivity index (χ1v) is 6.81. The van der Waals surface area contributed by atoms with Crippen LogP contribution in [-0.2, 0) is 4.79 Å². The van der Waals surface area contributed by atoms with Crippen LogP contribution in [0.4, 0.5) is 11.4 Å². The van der Waals surface area contributed by atoms with Crippen molar-refractivity contribution in [3.63, 3.8) is 0 Å². The summed E-state index contributed by atoms with van der Waals surface area (Å²) in [4.78, 5) is 12.2. The number of nitriles is 1. The molecule has 4 heteroatoms. The highest BCUT2D eigenvalue weighted by Crippen LogP contribution is 2.55. The van der Waals surface area contributed by atoms with E-state index in [0.717, 1.165) is 0 Å². The molecule has 4 nitrogen and oxygen atoms in total. The molecule has 1 aromatic rings. The van der Waals surface area contributed by atoms with Crippen molar-refractivity contribution in [2.24, 2.45) is 17.8 Å². The molecule has 0 aromatic heterocycles. The number of amides is 1. The zero-order valence-electron chi connectivity index (χ0n) is 10.7. The maximum absolute atomic E-state index is 12.2. The van der Waals surface area contributed by atoms with Gasteiger partial charge in [-0.05, 0) is 42.9 Å². The minimum absolute atomic E-state index is 0.0910. The van der Waals surface area contributed by atoms with Gasteiger partial charge in [-0.25, -0.2) is 0 Å². The molecular weight excluding hydrogens is 238 g/mol. The molecule has 2 fully saturated rings. The number of carbonyl (C=O) groups is 1. The normalized spacial score (nSPS) is 28.1.